The molecule has 1 aliphatic heterocycles. The van der Waals surface area contributed by atoms with Gasteiger partial charge >= 0.3 is 5.97 Å². The lowest BCUT2D eigenvalue weighted by molar-refractivity contribution is -0.143. The topological polar surface area (TPSA) is 26.3 Å². The number of cyclic esters (lactones) is 1. The van der Waals surface area contributed by atoms with Gasteiger partial charge in [0, 0.05) is 0 Å². The third-order valence-corrected chi connectivity index (χ3v) is 2.59. The number of rotatable bonds is 4. The number of hydrogen-bond acceptors (Lipinski definition) is 2. The van der Waals surface area contributed by atoms with Gasteiger partial charge in [0.25, 0.3) is 0 Å². The third-order valence-electron chi connectivity index (χ3n) is 2.24. The highest BCUT2D eigenvalue weighted by Crippen LogP contribution is 2.26. The fraction of sp³-hybridized carbons (Fsp3) is 0.889. The molecule has 0 saturated carbocycles. The fourth-order valence-electron chi connectivity index (χ4n) is 1.50. The predicted molar refractivity (Wildman–Crippen MR) is 48.2 cm³/mol. The van der Waals surface area contributed by atoms with Crippen LogP contribution in [0, 0.1) is 5.92 Å². The van der Waals surface area contributed by atoms with Crippen LogP contribution < -0.4 is 0 Å². The molecule has 1 saturated heterocycles. The van der Waals surface area contributed by atoms with Crippen molar-refractivity contribution in [2.24, 2.45) is 5.92 Å². The second-order valence-electron chi connectivity index (χ2n) is 3.29. The number of unbranched alkanes of at least 4 members (excludes halogenated alkanes) is 1. The van der Waals surface area contributed by atoms with E-state index in [2.05, 4.69) is 6.92 Å². The predicted octanol–water partition coefficient (Wildman–Crippen LogP) is 2.35. The number of halogens is 1. The van der Waals surface area contributed by atoms with Gasteiger partial charge in [-0.3, -0.25) is 4.79 Å². The Kier molecular flexibility index (Phi) is 3.86. The van der Waals surface area contributed by atoms with Crippen LogP contribution >= 0.6 is 11.6 Å². The van der Waals surface area contributed by atoms with Crippen molar-refractivity contribution >= 4 is 17.6 Å². The largest absolute Gasteiger partial charge is 0.461 e. The molecule has 0 aromatic rings. The molecule has 2 nitrogen and oxygen atoms in total. The number of carbonyl (C=O) groups is 1. The molecule has 2 unspecified atom stereocenters. The summed E-state index contributed by atoms with van der Waals surface area (Å²) in [5, 5.41) is 0. The van der Waals surface area contributed by atoms with Gasteiger partial charge in [0.15, 0.2) is 0 Å². The van der Waals surface area contributed by atoms with Gasteiger partial charge in [0.2, 0.25) is 0 Å². The highest BCUT2D eigenvalue weighted by atomic mass is 35.5. The van der Waals surface area contributed by atoms with E-state index in [9.17, 15) is 4.79 Å². The molecule has 0 amide bonds. The summed E-state index contributed by atoms with van der Waals surface area (Å²) in [6.07, 6.45) is 4.00. The van der Waals surface area contributed by atoms with Gasteiger partial charge in [0.05, 0.1) is 11.8 Å². The van der Waals surface area contributed by atoms with E-state index in [1.54, 1.807) is 0 Å². The van der Waals surface area contributed by atoms with E-state index in [4.69, 9.17) is 16.3 Å². The molecule has 70 valence electrons. The smallest absolute Gasteiger partial charge is 0.309 e. The second-order valence-corrected chi connectivity index (χ2v) is 3.60. The number of carbonyl (C=O) groups excluding carboxylic acids is 1. The maximum absolute atomic E-state index is 11.2. The first-order chi connectivity index (χ1) is 5.77. The molecule has 0 aromatic heterocycles. The minimum Gasteiger partial charge on any atom is -0.461 e. The fourth-order valence-corrected chi connectivity index (χ4v) is 1.69. The minimum absolute atomic E-state index is 0.0268. The van der Waals surface area contributed by atoms with Crippen molar-refractivity contribution in [1.29, 1.82) is 0 Å². The summed E-state index contributed by atoms with van der Waals surface area (Å²) in [6.45, 7) is 2.12. The Morgan fingerprint density at radius 3 is 2.92 bits per heavy atom. The van der Waals surface area contributed by atoms with Crippen molar-refractivity contribution in [3.05, 3.63) is 0 Å². The molecule has 0 N–H and O–H groups in total. The average molecular weight is 191 g/mol. The van der Waals surface area contributed by atoms with Crippen molar-refractivity contribution < 1.29 is 9.53 Å². The van der Waals surface area contributed by atoms with E-state index in [1.165, 1.54) is 0 Å². The van der Waals surface area contributed by atoms with E-state index in [0.717, 1.165) is 25.7 Å². The SMILES string of the molecule is CCCCC1CC(CCl)OC1=O. The van der Waals surface area contributed by atoms with Gasteiger partial charge in [-0.25, -0.2) is 0 Å². The average Bonchev–Trinajstić information content (AvgIpc) is 2.43. The molecule has 0 bridgehead atoms. The molecule has 3 heteroatoms. The van der Waals surface area contributed by atoms with Crippen LogP contribution in [-0.4, -0.2) is 18.0 Å². The lowest BCUT2D eigenvalue weighted by Crippen LogP contribution is -2.07. The molecular formula is C9H15ClO2. The Hall–Kier alpha value is -0.240. The second kappa shape index (κ2) is 4.70. The van der Waals surface area contributed by atoms with Gasteiger partial charge in [0.1, 0.15) is 6.10 Å². The number of alkyl halides is 1. The summed E-state index contributed by atoms with van der Waals surface area (Å²) in [7, 11) is 0. The van der Waals surface area contributed by atoms with Crippen LogP contribution in [0.4, 0.5) is 0 Å². The molecule has 0 aromatic carbocycles. The van der Waals surface area contributed by atoms with Gasteiger partial charge in [-0.1, -0.05) is 19.8 Å². The van der Waals surface area contributed by atoms with Crippen molar-refractivity contribution in [2.45, 2.75) is 38.7 Å². The molecule has 12 heavy (non-hydrogen) atoms. The zero-order valence-corrected chi connectivity index (χ0v) is 8.14. The highest BCUT2D eigenvalue weighted by molar-refractivity contribution is 6.18. The Labute approximate surface area is 78.2 Å². The third kappa shape index (κ3) is 2.37. The van der Waals surface area contributed by atoms with Crippen LogP contribution in [0.3, 0.4) is 0 Å². The lowest BCUT2D eigenvalue weighted by atomic mass is 9.99. The summed E-state index contributed by atoms with van der Waals surface area (Å²) in [5.74, 6) is 0.511. The first kappa shape index (κ1) is 9.85. The van der Waals surface area contributed by atoms with Crippen molar-refractivity contribution in [2.75, 3.05) is 5.88 Å². The van der Waals surface area contributed by atoms with Crippen molar-refractivity contribution in [3.63, 3.8) is 0 Å². The molecule has 0 radical (unpaired) electrons. The van der Waals surface area contributed by atoms with Crippen LogP contribution in [0.15, 0.2) is 0 Å². The number of hydrogen-bond donors (Lipinski definition) is 0. The van der Waals surface area contributed by atoms with E-state index in [-0.39, 0.29) is 18.0 Å². The molecule has 0 aliphatic carbocycles. The molecule has 2 atom stereocenters. The van der Waals surface area contributed by atoms with Crippen LogP contribution in [0.25, 0.3) is 0 Å². The molecule has 1 aliphatic rings. The first-order valence-corrected chi connectivity index (χ1v) is 5.07. The van der Waals surface area contributed by atoms with Gasteiger partial charge in [-0.15, -0.1) is 11.6 Å². The summed E-state index contributed by atoms with van der Waals surface area (Å²) < 4.78 is 5.05. The number of esters is 1. The Balaban J connectivity index is 2.31. The summed E-state index contributed by atoms with van der Waals surface area (Å²) >= 11 is 5.60. The maximum atomic E-state index is 11.2. The summed E-state index contributed by atoms with van der Waals surface area (Å²) in [4.78, 5) is 11.2. The first-order valence-electron chi connectivity index (χ1n) is 4.54. The van der Waals surface area contributed by atoms with Crippen LogP contribution in [0.1, 0.15) is 32.6 Å². The molecule has 0 spiro atoms. The normalized spacial score (nSPS) is 29.0. The number of ether oxygens (including phenoxy) is 1. The highest BCUT2D eigenvalue weighted by Gasteiger charge is 2.32. The minimum atomic E-state index is -0.0471. The van der Waals surface area contributed by atoms with E-state index in [1.807, 2.05) is 0 Å². The van der Waals surface area contributed by atoms with Gasteiger partial charge in [-0.05, 0) is 12.8 Å². The Bertz CT molecular complexity index is 159. The molecular weight excluding hydrogens is 176 g/mol. The van der Waals surface area contributed by atoms with E-state index >= 15 is 0 Å². The standard InChI is InChI=1S/C9H15ClO2/c1-2-3-4-7-5-8(6-10)12-9(7)11/h7-8H,2-6H2,1H3. The molecule has 1 rings (SSSR count). The Morgan fingerprint density at radius 1 is 1.67 bits per heavy atom. The van der Waals surface area contributed by atoms with Gasteiger partial charge in [-0.2, -0.15) is 0 Å². The summed E-state index contributed by atoms with van der Waals surface area (Å²) in [6, 6.07) is 0. The van der Waals surface area contributed by atoms with Crippen LogP contribution in [0.2, 0.25) is 0 Å². The van der Waals surface area contributed by atoms with Gasteiger partial charge < -0.3 is 4.74 Å². The molecule has 1 heterocycles. The summed E-state index contributed by atoms with van der Waals surface area (Å²) in [5.41, 5.74) is 0. The van der Waals surface area contributed by atoms with Crippen LogP contribution in [0.5, 0.6) is 0 Å². The monoisotopic (exact) mass is 190 g/mol. The van der Waals surface area contributed by atoms with Crippen LogP contribution in [-0.2, 0) is 9.53 Å². The maximum Gasteiger partial charge on any atom is 0.309 e. The quantitative estimate of drug-likeness (QED) is 0.503. The lowest BCUT2D eigenvalue weighted by Gasteiger charge is -2.02. The molecule has 1 fully saturated rings. The zero-order valence-electron chi connectivity index (χ0n) is 7.38. The van der Waals surface area contributed by atoms with Crippen molar-refractivity contribution in [1.82, 2.24) is 0 Å². The van der Waals surface area contributed by atoms with E-state index < -0.39 is 0 Å². The van der Waals surface area contributed by atoms with Crippen molar-refractivity contribution in [3.8, 4) is 0 Å². The van der Waals surface area contributed by atoms with E-state index in [0.29, 0.717) is 5.88 Å². The Morgan fingerprint density at radius 2 is 2.42 bits per heavy atom. The zero-order chi connectivity index (χ0) is 8.97.